The molecule has 0 saturated carbocycles. The van der Waals surface area contributed by atoms with Gasteiger partial charge in [0.25, 0.3) is 0 Å². The lowest BCUT2D eigenvalue weighted by molar-refractivity contribution is 0.309. The van der Waals surface area contributed by atoms with E-state index < -0.39 is 0 Å². The van der Waals surface area contributed by atoms with Gasteiger partial charge in [-0.3, -0.25) is 0 Å². The Balaban J connectivity index is 1.96. The van der Waals surface area contributed by atoms with Crippen LogP contribution >= 0.6 is 15.9 Å². The van der Waals surface area contributed by atoms with Gasteiger partial charge in [-0.05, 0) is 24.1 Å². The molecule has 16 heavy (non-hydrogen) atoms. The Labute approximate surface area is 104 Å². The Morgan fingerprint density at radius 1 is 1.50 bits per heavy atom. The second-order valence-corrected chi connectivity index (χ2v) is 4.78. The summed E-state index contributed by atoms with van der Waals surface area (Å²) in [6.07, 6.45) is 1.67. The van der Waals surface area contributed by atoms with Gasteiger partial charge in [0, 0.05) is 17.4 Å². The van der Waals surface area contributed by atoms with E-state index in [0.29, 0.717) is 13.2 Å². The van der Waals surface area contributed by atoms with Crippen molar-refractivity contribution in [3.05, 3.63) is 34.3 Å². The molecule has 3 nitrogen and oxygen atoms in total. The first-order chi connectivity index (χ1) is 7.78. The van der Waals surface area contributed by atoms with E-state index in [1.807, 2.05) is 12.1 Å². The number of nitrogens with zero attached hydrogens (tertiary/aromatic N) is 1. The van der Waals surface area contributed by atoms with Crippen LogP contribution in [0.1, 0.15) is 12.0 Å². The molecular formula is C12H15BrN2O. The van der Waals surface area contributed by atoms with Crippen molar-refractivity contribution in [2.24, 2.45) is 10.7 Å². The predicted octanol–water partition coefficient (Wildman–Crippen LogP) is 2.14. The van der Waals surface area contributed by atoms with E-state index in [-0.39, 0.29) is 6.04 Å². The van der Waals surface area contributed by atoms with Gasteiger partial charge < -0.3 is 10.5 Å². The van der Waals surface area contributed by atoms with E-state index in [9.17, 15) is 0 Å². The van der Waals surface area contributed by atoms with Crippen molar-refractivity contribution < 1.29 is 4.74 Å². The third kappa shape index (κ3) is 3.06. The summed E-state index contributed by atoms with van der Waals surface area (Å²) < 4.78 is 6.57. The molecule has 1 heterocycles. The van der Waals surface area contributed by atoms with Gasteiger partial charge in [-0.25, -0.2) is 4.99 Å². The molecule has 0 fully saturated rings. The third-order valence-electron chi connectivity index (χ3n) is 2.49. The first-order valence-electron chi connectivity index (χ1n) is 5.42. The van der Waals surface area contributed by atoms with Gasteiger partial charge in [0.05, 0.1) is 6.04 Å². The number of hydrogen-bond acceptors (Lipinski definition) is 3. The Morgan fingerprint density at radius 3 is 3.12 bits per heavy atom. The first kappa shape index (κ1) is 11.6. The molecule has 0 spiro atoms. The summed E-state index contributed by atoms with van der Waals surface area (Å²) in [4.78, 5) is 4.50. The minimum Gasteiger partial charge on any atom is -0.479 e. The van der Waals surface area contributed by atoms with Crippen LogP contribution in [0.2, 0.25) is 0 Å². The minimum atomic E-state index is 0.246. The highest BCUT2D eigenvalue weighted by Crippen LogP contribution is 2.16. The highest BCUT2D eigenvalue weighted by Gasteiger charge is 2.18. The second kappa shape index (κ2) is 5.46. The maximum Gasteiger partial charge on any atom is 0.184 e. The summed E-state index contributed by atoms with van der Waals surface area (Å²) >= 11 is 3.46. The van der Waals surface area contributed by atoms with Crippen LogP contribution in [-0.4, -0.2) is 25.1 Å². The fourth-order valence-electron chi connectivity index (χ4n) is 1.77. The van der Waals surface area contributed by atoms with Crippen molar-refractivity contribution in [1.29, 1.82) is 0 Å². The fourth-order valence-corrected chi connectivity index (χ4v) is 2.22. The molecule has 86 valence electrons. The molecule has 0 bridgehead atoms. The normalized spacial score (nSPS) is 19.4. The molecule has 1 aromatic carbocycles. The Kier molecular flexibility index (Phi) is 3.96. The van der Waals surface area contributed by atoms with E-state index >= 15 is 0 Å². The van der Waals surface area contributed by atoms with Crippen molar-refractivity contribution in [2.45, 2.75) is 18.9 Å². The Hall–Kier alpha value is -0.870. The number of nitrogens with two attached hydrogens (primary N) is 1. The molecule has 0 saturated heterocycles. The molecule has 4 heteroatoms. The van der Waals surface area contributed by atoms with Crippen LogP contribution in [0, 0.1) is 0 Å². The zero-order valence-electron chi connectivity index (χ0n) is 9.03. The van der Waals surface area contributed by atoms with Gasteiger partial charge in [-0.15, -0.1) is 0 Å². The maximum atomic E-state index is 5.47. The zero-order valence-corrected chi connectivity index (χ0v) is 10.6. The molecule has 1 atom stereocenters. The summed E-state index contributed by atoms with van der Waals surface area (Å²) in [6.45, 7) is 1.28. The maximum absolute atomic E-state index is 5.47. The van der Waals surface area contributed by atoms with Crippen LogP contribution in [0.5, 0.6) is 0 Å². The summed E-state index contributed by atoms with van der Waals surface area (Å²) in [7, 11) is 0. The van der Waals surface area contributed by atoms with Crippen LogP contribution < -0.4 is 5.73 Å². The standard InChI is InChI=1S/C12H15BrN2O/c13-10-3-1-2-9(6-10)7-11-8-16-12(15-11)4-5-14/h1-3,6,11H,4-5,7-8,14H2. The van der Waals surface area contributed by atoms with Gasteiger partial charge >= 0.3 is 0 Å². The number of rotatable bonds is 4. The van der Waals surface area contributed by atoms with E-state index in [2.05, 4.69) is 33.1 Å². The topological polar surface area (TPSA) is 47.6 Å². The van der Waals surface area contributed by atoms with Crippen molar-refractivity contribution >= 4 is 21.8 Å². The zero-order chi connectivity index (χ0) is 11.4. The monoisotopic (exact) mass is 282 g/mol. The van der Waals surface area contributed by atoms with Crippen LogP contribution in [0.25, 0.3) is 0 Å². The number of benzene rings is 1. The lowest BCUT2D eigenvalue weighted by atomic mass is 10.1. The van der Waals surface area contributed by atoms with Gasteiger partial charge in [0.1, 0.15) is 6.61 Å². The summed E-state index contributed by atoms with van der Waals surface area (Å²) in [5.41, 5.74) is 6.74. The molecule has 0 radical (unpaired) electrons. The molecule has 2 N–H and O–H groups in total. The van der Waals surface area contributed by atoms with Crippen LogP contribution in [0.15, 0.2) is 33.7 Å². The third-order valence-corrected chi connectivity index (χ3v) is 2.98. The Morgan fingerprint density at radius 2 is 2.38 bits per heavy atom. The summed E-state index contributed by atoms with van der Waals surface area (Å²) in [5, 5.41) is 0. The summed E-state index contributed by atoms with van der Waals surface area (Å²) in [5.74, 6) is 0.808. The van der Waals surface area contributed by atoms with Crippen molar-refractivity contribution in [1.82, 2.24) is 0 Å². The van der Waals surface area contributed by atoms with Crippen LogP contribution in [-0.2, 0) is 11.2 Å². The number of aliphatic imine (C=N–C) groups is 1. The average Bonchev–Trinajstić information content (AvgIpc) is 2.66. The van der Waals surface area contributed by atoms with E-state index in [1.165, 1.54) is 5.56 Å². The van der Waals surface area contributed by atoms with Crippen molar-refractivity contribution in [2.75, 3.05) is 13.2 Å². The second-order valence-electron chi connectivity index (χ2n) is 3.86. The largest absolute Gasteiger partial charge is 0.479 e. The van der Waals surface area contributed by atoms with Crippen molar-refractivity contribution in [3.8, 4) is 0 Å². The summed E-state index contributed by atoms with van der Waals surface area (Å²) in [6, 6.07) is 8.55. The predicted molar refractivity (Wildman–Crippen MR) is 68.7 cm³/mol. The average molecular weight is 283 g/mol. The molecule has 1 unspecified atom stereocenters. The van der Waals surface area contributed by atoms with Crippen LogP contribution in [0.3, 0.4) is 0 Å². The lowest BCUT2D eigenvalue weighted by Gasteiger charge is -2.05. The molecule has 2 rings (SSSR count). The number of hydrogen-bond donors (Lipinski definition) is 1. The van der Waals surface area contributed by atoms with Gasteiger partial charge in [0.15, 0.2) is 5.90 Å². The minimum absolute atomic E-state index is 0.246. The molecular weight excluding hydrogens is 268 g/mol. The smallest absolute Gasteiger partial charge is 0.184 e. The first-order valence-corrected chi connectivity index (χ1v) is 6.21. The van der Waals surface area contributed by atoms with E-state index in [4.69, 9.17) is 10.5 Å². The van der Waals surface area contributed by atoms with Gasteiger partial charge in [-0.2, -0.15) is 0 Å². The quantitative estimate of drug-likeness (QED) is 0.920. The van der Waals surface area contributed by atoms with E-state index in [1.54, 1.807) is 0 Å². The molecule has 0 aliphatic carbocycles. The SMILES string of the molecule is NCCC1=NC(Cc2cccc(Br)c2)CO1. The molecule has 0 amide bonds. The molecule has 1 aliphatic heterocycles. The lowest BCUT2D eigenvalue weighted by Crippen LogP contribution is -2.10. The molecule has 1 aromatic rings. The van der Waals surface area contributed by atoms with Crippen LogP contribution in [0.4, 0.5) is 0 Å². The fraction of sp³-hybridized carbons (Fsp3) is 0.417. The molecule has 1 aliphatic rings. The highest BCUT2D eigenvalue weighted by atomic mass is 79.9. The van der Waals surface area contributed by atoms with Crippen molar-refractivity contribution in [3.63, 3.8) is 0 Å². The number of ether oxygens (including phenoxy) is 1. The van der Waals surface area contributed by atoms with E-state index in [0.717, 1.165) is 23.2 Å². The van der Waals surface area contributed by atoms with Gasteiger partial charge in [0.2, 0.25) is 0 Å². The molecule has 0 aromatic heterocycles. The van der Waals surface area contributed by atoms with Gasteiger partial charge in [-0.1, -0.05) is 28.1 Å². The number of halogens is 1. The Bertz CT molecular complexity index is 392. The highest BCUT2D eigenvalue weighted by molar-refractivity contribution is 9.10.